The first-order valence-electron chi connectivity index (χ1n) is 8.72. The van der Waals surface area contributed by atoms with Gasteiger partial charge in [-0.3, -0.25) is 0 Å². The Balaban J connectivity index is 1.91. The summed E-state index contributed by atoms with van der Waals surface area (Å²) in [5.74, 6) is 0. The van der Waals surface area contributed by atoms with E-state index in [1.807, 2.05) is 55.6 Å². The van der Waals surface area contributed by atoms with Crippen LogP contribution in [0.3, 0.4) is 0 Å². The van der Waals surface area contributed by atoms with Crippen LogP contribution in [0, 0.1) is 6.92 Å². The van der Waals surface area contributed by atoms with E-state index in [0.717, 1.165) is 22.2 Å². The SMILES string of the molecule is Cc1ccc(S(=O)(=Nc2cccc3nn(-c4cncnc4)cc23)N(C)C)cc1. The third-order valence-corrected chi connectivity index (χ3v) is 6.70. The Morgan fingerprint density at radius 1 is 1.04 bits per heavy atom. The molecule has 0 aliphatic rings. The lowest BCUT2D eigenvalue weighted by Crippen LogP contribution is -2.21. The lowest BCUT2D eigenvalue weighted by atomic mass is 10.2. The third-order valence-electron chi connectivity index (χ3n) is 4.38. The molecule has 4 rings (SSSR count). The van der Waals surface area contributed by atoms with E-state index >= 15 is 0 Å². The van der Waals surface area contributed by atoms with Gasteiger partial charge in [-0.25, -0.2) is 23.2 Å². The Kier molecular flexibility index (Phi) is 4.66. The summed E-state index contributed by atoms with van der Waals surface area (Å²) < 4.78 is 21.9. The molecule has 2 aromatic carbocycles. The van der Waals surface area contributed by atoms with Gasteiger partial charge in [-0.1, -0.05) is 23.8 Å². The minimum absolute atomic E-state index is 0.625. The molecular weight excluding hydrogens is 372 g/mol. The van der Waals surface area contributed by atoms with E-state index in [-0.39, 0.29) is 0 Å². The molecular formula is C20H20N6OS. The lowest BCUT2D eigenvalue weighted by molar-refractivity contribution is 0.592. The zero-order valence-electron chi connectivity index (χ0n) is 15.9. The average molecular weight is 392 g/mol. The van der Waals surface area contributed by atoms with Crippen LogP contribution in [0.5, 0.6) is 0 Å². The minimum Gasteiger partial charge on any atom is -0.243 e. The highest BCUT2D eigenvalue weighted by molar-refractivity contribution is 7.91. The van der Waals surface area contributed by atoms with E-state index < -0.39 is 9.92 Å². The maximum Gasteiger partial charge on any atom is 0.144 e. The molecule has 0 saturated heterocycles. The van der Waals surface area contributed by atoms with Gasteiger partial charge in [0.05, 0.1) is 28.5 Å². The number of rotatable bonds is 4. The van der Waals surface area contributed by atoms with Crippen LogP contribution in [0.2, 0.25) is 0 Å². The van der Waals surface area contributed by atoms with Gasteiger partial charge < -0.3 is 0 Å². The molecule has 0 amide bonds. The van der Waals surface area contributed by atoms with Crippen LogP contribution in [-0.2, 0) is 9.92 Å². The van der Waals surface area contributed by atoms with Gasteiger partial charge in [0.25, 0.3) is 0 Å². The molecule has 0 radical (unpaired) electrons. The van der Waals surface area contributed by atoms with E-state index in [0.29, 0.717) is 10.6 Å². The van der Waals surface area contributed by atoms with Gasteiger partial charge in [-0.2, -0.15) is 9.46 Å². The minimum atomic E-state index is -2.80. The van der Waals surface area contributed by atoms with Gasteiger partial charge in [0, 0.05) is 25.7 Å². The van der Waals surface area contributed by atoms with Crippen molar-refractivity contribution in [3.8, 4) is 5.69 Å². The summed E-state index contributed by atoms with van der Waals surface area (Å²) in [4.78, 5) is 8.74. The van der Waals surface area contributed by atoms with Crippen LogP contribution in [-0.4, -0.2) is 42.4 Å². The number of aryl methyl sites for hydroxylation is 1. The zero-order chi connectivity index (χ0) is 19.7. The first kappa shape index (κ1) is 18.3. The quantitative estimate of drug-likeness (QED) is 0.530. The molecule has 2 heterocycles. The van der Waals surface area contributed by atoms with Crippen molar-refractivity contribution in [3.05, 3.63) is 72.9 Å². The van der Waals surface area contributed by atoms with Crippen LogP contribution in [0.4, 0.5) is 5.69 Å². The summed E-state index contributed by atoms with van der Waals surface area (Å²) in [5, 5.41) is 5.39. The molecule has 2 aromatic heterocycles. The van der Waals surface area contributed by atoms with Gasteiger partial charge in [-0.15, -0.1) is 0 Å². The smallest absolute Gasteiger partial charge is 0.144 e. The maximum absolute atomic E-state index is 13.8. The van der Waals surface area contributed by atoms with Gasteiger partial charge >= 0.3 is 0 Å². The van der Waals surface area contributed by atoms with Crippen molar-refractivity contribution in [1.82, 2.24) is 24.1 Å². The Morgan fingerprint density at radius 3 is 2.43 bits per heavy atom. The van der Waals surface area contributed by atoms with Crippen LogP contribution >= 0.6 is 0 Å². The molecule has 0 spiro atoms. The summed E-state index contributed by atoms with van der Waals surface area (Å²) in [6.45, 7) is 2.00. The zero-order valence-corrected chi connectivity index (χ0v) is 16.7. The van der Waals surface area contributed by atoms with Gasteiger partial charge in [0.2, 0.25) is 0 Å². The number of nitrogens with zero attached hydrogens (tertiary/aromatic N) is 6. The number of fused-ring (bicyclic) bond motifs is 1. The summed E-state index contributed by atoms with van der Waals surface area (Å²) in [7, 11) is 0.744. The normalized spacial score (nSPS) is 13.6. The van der Waals surface area contributed by atoms with E-state index in [2.05, 4.69) is 15.1 Å². The second-order valence-electron chi connectivity index (χ2n) is 6.59. The summed E-state index contributed by atoms with van der Waals surface area (Å²) in [6.07, 6.45) is 6.70. The predicted octanol–water partition coefficient (Wildman–Crippen LogP) is 3.76. The van der Waals surface area contributed by atoms with Crippen LogP contribution in [0.15, 0.2) is 76.6 Å². The number of aromatic nitrogens is 4. The number of hydrogen-bond acceptors (Lipinski definition) is 5. The van der Waals surface area contributed by atoms with Crippen LogP contribution in [0.25, 0.3) is 16.6 Å². The van der Waals surface area contributed by atoms with E-state index in [1.165, 1.54) is 6.33 Å². The van der Waals surface area contributed by atoms with E-state index in [4.69, 9.17) is 4.36 Å². The van der Waals surface area contributed by atoms with Gasteiger partial charge in [0.15, 0.2) is 0 Å². The Bertz CT molecular complexity index is 1240. The highest BCUT2D eigenvalue weighted by Gasteiger charge is 2.17. The Labute approximate surface area is 164 Å². The summed E-state index contributed by atoms with van der Waals surface area (Å²) in [5.41, 5.74) is 3.24. The third kappa shape index (κ3) is 3.28. The first-order chi connectivity index (χ1) is 13.5. The molecule has 4 aromatic rings. The van der Waals surface area contributed by atoms with Crippen LogP contribution in [0.1, 0.15) is 5.56 Å². The standard InChI is InChI=1S/C20H20N6OS/c1-15-7-9-17(10-8-15)28(27,25(2)3)24-20-6-4-5-19-18(20)13-26(23-19)16-11-21-14-22-12-16/h4-14H,1-3H3. The molecule has 1 unspecified atom stereocenters. The topological polar surface area (TPSA) is 76.3 Å². The fourth-order valence-electron chi connectivity index (χ4n) is 2.84. The maximum atomic E-state index is 13.8. The first-order valence-corrected chi connectivity index (χ1v) is 10.2. The lowest BCUT2D eigenvalue weighted by Gasteiger charge is -2.17. The highest BCUT2D eigenvalue weighted by atomic mass is 32.2. The summed E-state index contributed by atoms with van der Waals surface area (Å²) in [6, 6.07) is 13.2. The van der Waals surface area contributed by atoms with Crippen molar-refractivity contribution in [2.75, 3.05) is 14.1 Å². The van der Waals surface area contributed by atoms with Crippen molar-refractivity contribution in [1.29, 1.82) is 0 Å². The second-order valence-corrected chi connectivity index (χ2v) is 8.97. The highest BCUT2D eigenvalue weighted by Crippen LogP contribution is 2.30. The van der Waals surface area contributed by atoms with E-state index in [9.17, 15) is 4.21 Å². The molecule has 0 fully saturated rings. The monoisotopic (exact) mass is 392 g/mol. The summed E-state index contributed by atoms with van der Waals surface area (Å²) >= 11 is 0. The fourth-order valence-corrected chi connectivity index (χ4v) is 4.45. The Hall–Kier alpha value is -3.10. The Morgan fingerprint density at radius 2 is 1.75 bits per heavy atom. The molecule has 0 saturated carbocycles. The molecule has 7 nitrogen and oxygen atoms in total. The van der Waals surface area contributed by atoms with Crippen molar-refractivity contribution < 1.29 is 4.21 Å². The van der Waals surface area contributed by atoms with Crippen molar-refractivity contribution in [2.45, 2.75) is 11.8 Å². The average Bonchev–Trinajstić information content (AvgIpc) is 3.14. The van der Waals surface area contributed by atoms with Crippen molar-refractivity contribution in [2.24, 2.45) is 4.36 Å². The second kappa shape index (κ2) is 7.14. The van der Waals surface area contributed by atoms with Crippen molar-refractivity contribution in [3.63, 3.8) is 0 Å². The van der Waals surface area contributed by atoms with Gasteiger partial charge in [0.1, 0.15) is 21.9 Å². The fraction of sp³-hybridized carbons (Fsp3) is 0.150. The van der Waals surface area contributed by atoms with E-state index in [1.54, 1.807) is 35.5 Å². The molecule has 142 valence electrons. The molecule has 28 heavy (non-hydrogen) atoms. The molecule has 0 bridgehead atoms. The largest absolute Gasteiger partial charge is 0.243 e. The molecule has 0 aliphatic heterocycles. The molecule has 0 aliphatic carbocycles. The molecule has 8 heteroatoms. The predicted molar refractivity (Wildman–Crippen MR) is 110 cm³/mol. The van der Waals surface area contributed by atoms with Gasteiger partial charge in [-0.05, 0) is 31.2 Å². The molecule has 0 N–H and O–H groups in total. The number of hydrogen-bond donors (Lipinski definition) is 0. The van der Waals surface area contributed by atoms with Crippen LogP contribution < -0.4 is 0 Å². The number of benzene rings is 2. The van der Waals surface area contributed by atoms with Crippen molar-refractivity contribution >= 4 is 26.5 Å². The molecule has 1 atom stereocenters.